The van der Waals surface area contributed by atoms with Crippen LogP contribution in [0.1, 0.15) is 26.3 Å². The molecule has 1 nitrogen and oxygen atoms in total. The van der Waals surface area contributed by atoms with Crippen LogP contribution in [-0.2, 0) is 5.41 Å². The molecule has 0 saturated carbocycles. The Labute approximate surface area is 139 Å². The van der Waals surface area contributed by atoms with E-state index in [4.69, 9.17) is 0 Å². The lowest BCUT2D eigenvalue weighted by Gasteiger charge is -2.19. The van der Waals surface area contributed by atoms with Crippen LogP contribution in [0.15, 0.2) is 78.9 Å². The Kier molecular flexibility index (Phi) is 4.20. The Bertz CT molecular complexity index is 748. The van der Waals surface area contributed by atoms with Crippen LogP contribution in [0.5, 0.6) is 0 Å². The average molecular weight is 301 g/mol. The summed E-state index contributed by atoms with van der Waals surface area (Å²) in [4.78, 5) is 0. The normalized spacial score (nSPS) is 11.3. The molecule has 3 aromatic rings. The van der Waals surface area contributed by atoms with Gasteiger partial charge in [0.2, 0.25) is 0 Å². The van der Waals surface area contributed by atoms with E-state index in [2.05, 4.69) is 98.9 Å². The molecule has 0 aliphatic rings. The van der Waals surface area contributed by atoms with Gasteiger partial charge in [0.15, 0.2) is 0 Å². The fourth-order valence-electron chi connectivity index (χ4n) is 2.60. The third-order valence-corrected chi connectivity index (χ3v) is 4.03. The minimum Gasteiger partial charge on any atom is -0.356 e. The second-order valence-corrected chi connectivity index (χ2v) is 6.90. The highest BCUT2D eigenvalue weighted by Gasteiger charge is 2.12. The molecule has 0 unspecified atom stereocenters. The maximum atomic E-state index is 3.46. The Morgan fingerprint density at radius 1 is 0.565 bits per heavy atom. The zero-order chi connectivity index (χ0) is 16.3. The van der Waals surface area contributed by atoms with E-state index in [0.29, 0.717) is 0 Å². The summed E-state index contributed by atoms with van der Waals surface area (Å²) in [5, 5.41) is 3.46. The largest absolute Gasteiger partial charge is 0.356 e. The van der Waals surface area contributed by atoms with Crippen LogP contribution in [0.25, 0.3) is 11.1 Å². The molecule has 0 fully saturated rings. The maximum absolute atomic E-state index is 3.46. The van der Waals surface area contributed by atoms with Crippen LogP contribution in [0.2, 0.25) is 0 Å². The molecule has 0 radical (unpaired) electrons. The van der Waals surface area contributed by atoms with Crippen molar-refractivity contribution in [3.05, 3.63) is 84.4 Å². The van der Waals surface area contributed by atoms with Gasteiger partial charge < -0.3 is 5.32 Å². The summed E-state index contributed by atoms with van der Waals surface area (Å²) in [6.45, 7) is 6.70. The first-order chi connectivity index (χ1) is 11.0. The zero-order valence-electron chi connectivity index (χ0n) is 14.0. The molecule has 0 spiro atoms. The summed E-state index contributed by atoms with van der Waals surface area (Å²) in [6.07, 6.45) is 0. The van der Waals surface area contributed by atoms with E-state index in [-0.39, 0.29) is 5.41 Å². The topological polar surface area (TPSA) is 12.0 Å². The van der Waals surface area contributed by atoms with Gasteiger partial charge in [-0.2, -0.15) is 0 Å². The average Bonchev–Trinajstić information content (AvgIpc) is 2.56. The van der Waals surface area contributed by atoms with Crippen LogP contribution in [-0.4, -0.2) is 0 Å². The summed E-state index contributed by atoms with van der Waals surface area (Å²) in [5.74, 6) is 0. The molecule has 0 bridgehead atoms. The molecule has 0 saturated heterocycles. The highest BCUT2D eigenvalue weighted by molar-refractivity contribution is 5.68. The van der Waals surface area contributed by atoms with E-state index >= 15 is 0 Å². The quantitative estimate of drug-likeness (QED) is 0.590. The van der Waals surface area contributed by atoms with E-state index in [1.54, 1.807) is 0 Å². The molecule has 0 aromatic heterocycles. The zero-order valence-corrected chi connectivity index (χ0v) is 14.0. The fourth-order valence-corrected chi connectivity index (χ4v) is 2.60. The van der Waals surface area contributed by atoms with Crippen molar-refractivity contribution in [2.24, 2.45) is 0 Å². The lowest BCUT2D eigenvalue weighted by molar-refractivity contribution is 0.590. The molecular formula is C22H23N. The Morgan fingerprint density at radius 2 is 1.04 bits per heavy atom. The molecule has 116 valence electrons. The first-order valence-electron chi connectivity index (χ1n) is 8.05. The van der Waals surface area contributed by atoms with E-state index in [1.165, 1.54) is 16.7 Å². The molecule has 3 rings (SSSR count). The standard InChI is InChI=1S/C22H23N/c1-22(2,3)19-11-15-21(16-12-19)23-20-13-9-18(10-14-20)17-7-5-4-6-8-17/h4-16,23H,1-3H3. The van der Waals surface area contributed by atoms with Gasteiger partial charge in [-0.3, -0.25) is 0 Å². The van der Waals surface area contributed by atoms with Crippen molar-refractivity contribution < 1.29 is 0 Å². The van der Waals surface area contributed by atoms with Crippen molar-refractivity contribution in [3.63, 3.8) is 0 Å². The second kappa shape index (κ2) is 6.29. The van der Waals surface area contributed by atoms with Gasteiger partial charge in [-0.05, 0) is 46.4 Å². The number of rotatable bonds is 3. The lowest BCUT2D eigenvalue weighted by atomic mass is 9.87. The molecule has 23 heavy (non-hydrogen) atoms. The predicted molar refractivity (Wildman–Crippen MR) is 100 cm³/mol. The van der Waals surface area contributed by atoms with Crippen molar-refractivity contribution in [3.8, 4) is 11.1 Å². The van der Waals surface area contributed by atoms with Gasteiger partial charge in [0.05, 0.1) is 0 Å². The fraction of sp³-hybridized carbons (Fsp3) is 0.182. The molecule has 0 heterocycles. The van der Waals surface area contributed by atoms with Crippen LogP contribution >= 0.6 is 0 Å². The monoisotopic (exact) mass is 301 g/mol. The van der Waals surface area contributed by atoms with E-state index in [0.717, 1.165) is 11.4 Å². The second-order valence-electron chi connectivity index (χ2n) is 6.90. The van der Waals surface area contributed by atoms with E-state index in [9.17, 15) is 0 Å². The van der Waals surface area contributed by atoms with Crippen LogP contribution in [0.3, 0.4) is 0 Å². The Balaban J connectivity index is 1.74. The molecule has 1 heteroatoms. The Morgan fingerprint density at radius 3 is 1.57 bits per heavy atom. The SMILES string of the molecule is CC(C)(C)c1ccc(Nc2ccc(-c3ccccc3)cc2)cc1. The van der Waals surface area contributed by atoms with Crippen molar-refractivity contribution >= 4 is 11.4 Å². The van der Waals surface area contributed by atoms with Gasteiger partial charge in [-0.1, -0.05) is 75.4 Å². The van der Waals surface area contributed by atoms with Crippen molar-refractivity contribution in [1.29, 1.82) is 0 Å². The smallest absolute Gasteiger partial charge is 0.0384 e. The van der Waals surface area contributed by atoms with Gasteiger partial charge in [0.25, 0.3) is 0 Å². The van der Waals surface area contributed by atoms with Crippen LogP contribution < -0.4 is 5.32 Å². The van der Waals surface area contributed by atoms with Crippen molar-refractivity contribution in [2.75, 3.05) is 5.32 Å². The molecule has 0 atom stereocenters. The minimum atomic E-state index is 0.190. The predicted octanol–water partition coefficient (Wildman–Crippen LogP) is 6.39. The Hall–Kier alpha value is -2.54. The summed E-state index contributed by atoms with van der Waals surface area (Å²) < 4.78 is 0. The van der Waals surface area contributed by atoms with Gasteiger partial charge in [-0.15, -0.1) is 0 Å². The molecular weight excluding hydrogens is 278 g/mol. The summed E-state index contributed by atoms with van der Waals surface area (Å²) in [5.41, 5.74) is 6.24. The summed E-state index contributed by atoms with van der Waals surface area (Å²) >= 11 is 0. The lowest BCUT2D eigenvalue weighted by Crippen LogP contribution is -2.10. The molecule has 0 aliphatic carbocycles. The van der Waals surface area contributed by atoms with Gasteiger partial charge >= 0.3 is 0 Å². The molecule has 1 N–H and O–H groups in total. The number of hydrogen-bond acceptors (Lipinski definition) is 1. The molecule has 0 amide bonds. The highest BCUT2D eigenvalue weighted by Crippen LogP contribution is 2.26. The highest BCUT2D eigenvalue weighted by atomic mass is 14.9. The van der Waals surface area contributed by atoms with Crippen LogP contribution in [0.4, 0.5) is 11.4 Å². The van der Waals surface area contributed by atoms with Gasteiger partial charge in [0.1, 0.15) is 0 Å². The molecule has 0 aliphatic heterocycles. The van der Waals surface area contributed by atoms with Crippen LogP contribution in [0, 0.1) is 0 Å². The minimum absolute atomic E-state index is 0.190. The van der Waals surface area contributed by atoms with Gasteiger partial charge in [-0.25, -0.2) is 0 Å². The van der Waals surface area contributed by atoms with E-state index in [1.807, 2.05) is 6.07 Å². The van der Waals surface area contributed by atoms with Crippen molar-refractivity contribution in [2.45, 2.75) is 26.2 Å². The molecule has 3 aromatic carbocycles. The third kappa shape index (κ3) is 3.81. The number of benzene rings is 3. The first kappa shape index (κ1) is 15.4. The van der Waals surface area contributed by atoms with Gasteiger partial charge in [0, 0.05) is 11.4 Å². The number of nitrogens with one attached hydrogen (secondary N) is 1. The number of hydrogen-bond donors (Lipinski definition) is 1. The summed E-state index contributed by atoms with van der Waals surface area (Å²) in [7, 11) is 0. The maximum Gasteiger partial charge on any atom is 0.0384 e. The third-order valence-electron chi connectivity index (χ3n) is 4.03. The van der Waals surface area contributed by atoms with Crippen molar-refractivity contribution in [1.82, 2.24) is 0 Å². The number of anilines is 2. The first-order valence-corrected chi connectivity index (χ1v) is 8.05. The summed E-state index contributed by atoms with van der Waals surface area (Å²) in [6, 6.07) is 27.7. The van der Waals surface area contributed by atoms with E-state index < -0.39 is 0 Å².